The van der Waals surface area contributed by atoms with Crippen LogP contribution in [0.3, 0.4) is 0 Å². The highest BCUT2D eigenvalue weighted by Gasteiger charge is 1.86. The third-order valence-corrected chi connectivity index (χ3v) is 1.14. The Morgan fingerprint density at radius 1 is 1.71 bits per heavy atom. The molecule has 0 spiro atoms. The minimum absolute atomic E-state index is 0.830. The molecule has 0 aromatic rings. The highest BCUT2D eigenvalue weighted by Crippen LogP contribution is 2.00. The molecule has 7 heavy (non-hydrogen) atoms. The van der Waals surface area contributed by atoms with Crippen molar-refractivity contribution in [1.82, 2.24) is 0 Å². The van der Waals surface area contributed by atoms with Crippen LogP contribution in [0.25, 0.3) is 0 Å². The normalized spacial score (nSPS) is 8.86. The Morgan fingerprint density at radius 2 is 2.43 bits per heavy atom. The van der Waals surface area contributed by atoms with Crippen LogP contribution in [0.1, 0.15) is 0 Å². The van der Waals surface area contributed by atoms with Crippen molar-refractivity contribution in [2.45, 2.75) is 0 Å². The van der Waals surface area contributed by atoms with Crippen LogP contribution in [0.15, 0.2) is 0 Å². The number of rotatable bonds is 4. The van der Waals surface area contributed by atoms with E-state index in [-0.39, 0.29) is 0 Å². The number of hydrogen-bond donors (Lipinski definition) is 0. The second-order valence-electron chi connectivity index (χ2n) is 0.985. The molecule has 1 N–H and O–H groups in total. The molecule has 2 heteroatoms. The average Bonchev–Trinajstić information content (AvgIpc) is 1.69. The molecule has 0 unspecified atom stereocenters. The fourth-order valence-electron chi connectivity index (χ4n) is 0.201. The summed E-state index contributed by atoms with van der Waals surface area (Å²) in [5.74, 6) is 2.82. The molecule has 0 aromatic heterocycles. The predicted octanol–water partition coefficient (Wildman–Crippen LogP) is 1.04. The van der Waals surface area contributed by atoms with Gasteiger partial charge in [-0.15, -0.1) is 6.92 Å². The largest absolute Gasteiger partial charge is 0.581 e. The minimum atomic E-state index is 0.830. The maximum absolute atomic E-state index is 3.65. The van der Waals surface area contributed by atoms with Crippen molar-refractivity contribution in [2.24, 2.45) is 0 Å². The molecule has 42 valence electrons. The first kappa shape index (κ1) is 7.18. The monoisotopic (exact) mass is 118 g/mol. The van der Waals surface area contributed by atoms with Gasteiger partial charge in [-0.05, 0) is 5.75 Å². The van der Waals surface area contributed by atoms with E-state index in [0.717, 1.165) is 12.4 Å². The summed E-state index contributed by atoms with van der Waals surface area (Å²) in [7, 11) is 3.33. The van der Waals surface area contributed by atoms with Crippen molar-refractivity contribution in [2.75, 3.05) is 12.4 Å². The summed E-state index contributed by atoms with van der Waals surface area (Å²) >= 11 is 1.66. The maximum atomic E-state index is 3.65. The molecule has 0 heterocycles. The van der Waals surface area contributed by atoms with Gasteiger partial charge >= 0.3 is 0 Å². The van der Waals surface area contributed by atoms with Gasteiger partial charge in [0.25, 0.3) is 0 Å². The van der Waals surface area contributed by atoms with Crippen molar-refractivity contribution in [3.05, 3.63) is 19.8 Å². The molecule has 0 atom stereocenters. The Bertz CT molecular complexity index is 27.3. The Labute approximate surface area is 49.4 Å². The van der Waals surface area contributed by atoms with Crippen LogP contribution in [-0.2, 0) is 0 Å². The zero-order chi connectivity index (χ0) is 5.54. The molecule has 0 radical (unpaired) electrons. The van der Waals surface area contributed by atoms with Gasteiger partial charge in [-0.1, -0.05) is 7.11 Å². The molecule has 0 saturated carbocycles. The van der Waals surface area contributed by atoms with E-state index in [9.17, 15) is 0 Å². The van der Waals surface area contributed by atoms with Crippen molar-refractivity contribution in [1.29, 1.82) is 0 Å². The summed E-state index contributed by atoms with van der Waals surface area (Å²) < 4.78 is 3.65. The van der Waals surface area contributed by atoms with Gasteiger partial charge in [0.05, 0.1) is 0 Å². The van der Waals surface area contributed by atoms with Gasteiger partial charge < -0.3 is 4.74 Å². The van der Waals surface area contributed by atoms with Crippen molar-refractivity contribution >= 4 is 11.8 Å². The molecule has 0 aliphatic rings. The predicted molar refractivity (Wildman–Crippen MR) is 34.6 cm³/mol. The van der Waals surface area contributed by atoms with Crippen LogP contribution in [0.2, 0.25) is 0 Å². The number of ether oxygens (including phenoxy) is 1. The number of hydrogen-bond acceptors (Lipinski definition) is 1. The second kappa shape index (κ2) is 6.18. The van der Waals surface area contributed by atoms with Gasteiger partial charge in [0, 0.05) is 11.8 Å². The zero-order valence-corrected chi connectivity index (χ0v) is 5.08. The minimum Gasteiger partial charge on any atom is -0.581 e. The first-order valence-electron chi connectivity index (χ1n) is 2.07. The zero-order valence-electron chi connectivity index (χ0n) is 4.26. The molecule has 0 saturated heterocycles. The van der Waals surface area contributed by atoms with Gasteiger partial charge in [0.1, 0.15) is 12.4 Å². The van der Waals surface area contributed by atoms with E-state index in [0.29, 0.717) is 0 Å². The smallest absolute Gasteiger partial charge is 0.132 e. The van der Waals surface area contributed by atoms with Gasteiger partial charge in [-0.2, -0.15) is 0 Å². The van der Waals surface area contributed by atoms with Gasteiger partial charge in [0.15, 0.2) is 0 Å². The molecule has 0 fully saturated rings. The Hall–Kier alpha value is 0.180. The van der Waals surface area contributed by atoms with Crippen LogP contribution < -0.4 is 0 Å². The summed E-state index contributed by atoms with van der Waals surface area (Å²) in [6.07, 6.45) is 0. The van der Waals surface area contributed by atoms with Crippen LogP contribution in [0.5, 0.6) is 0 Å². The lowest BCUT2D eigenvalue weighted by molar-refractivity contribution is 0.0718. The topological polar surface area (TPSA) is 12.8 Å². The standard InChI is InChI=1S/C5H10OS/c1-3-7-5-4-6-2/h3,6H,1-2,4-5H2. The van der Waals surface area contributed by atoms with Gasteiger partial charge in [-0.25, -0.2) is 0 Å². The molecular weight excluding hydrogens is 108 g/mol. The quantitative estimate of drug-likeness (QED) is 0.305. The Kier molecular flexibility index (Phi) is 6.34. The fourth-order valence-corrected chi connectivity index (χ4v) is 0.602. The number of thioether (sulfide) groups is 1. The lowest BCUT2D eigenvalue weighted by Gasteiger charge is -1.93. The lowest BCUT2D eigenvalue weighted by atomic mass is 10.9. The van der Waals surface area contributed by atoms with E-state index in [1.165, 1.54) is 0 Å². The average molecular weight is 118 g/mol. The van der Waals surface area contributed by atoms with E-state index < -0.39 is 0 Å². The van der Waals surface area contributed by atoms with E-state index in [4.69, 9.17) is 0 Å². The van der Waals surface area contributed by atoms with Gasteiger partial charge in [-0.3, -0.25) is 0 Å². The van der Waals surface area contributed by atoms with Crippen molar-refractivity contribution in [3.63, 3.8) is 0 Å². The van der Waals surface area contributed by atoms with E-state index in [2.05, 4.69) is 18.8 Å². The molecular formula is C5H10OS. The second-order valence-corrected chi connectivity index (χ2v) is 2.06. The van der Waals surface area contributed by atoms with E-state index in [1.807, 2.05) is 5.75 Å². The van der Waals surface area contributed by atoms with Crippen LogP contribution >= 0.6 is 11.8 Å². The van der Waals surface area contributed by atoms with Crippen LogP contribution in [0, 0.1) is 19.8 Å². The Morgan fingerprint density at radius 3 is 2.86 bits per heavy atom. The van der Waals surface area contributed by atoms with Crippen LogP contribution in [0.4, 0.5) is 0 Å². The molecule has 0 aliphatic carbocycles. The van der Waals surface area contributed by atoms with E-state index >= 15 is 0 Å². The van der Waals surface area contributed by atoms with Crippen LogP contribution in [-0.4, -0.2) is 17.1 Å². The van der Waals surface area contributed by atoms with Gasteiger partial charge in [0.2, 0.25) is 0 Å². The number of aliphatic hydroxyl groups is 2. The maximum Gasteiger partial charge on any atom is 0.132 e. The summed E-state index contributed by atoms with van der Waals surface area (Å²) in [6, 6.07) is 0. The Balaban J connectivity index is 2.45. The molecule has 0 amide bonds. The SMILES string of the molecule is [CH2-][CH+]SCC[OH+][CH2-]. The summed E-state index contributed by atoms with van der Waals surface area (Å²) in [6.45, 7) is 4.36. The summed E-state index contributed by atoms with van der Waals surface area (Å²) in [4.78, 5) is 0. The highest BCUT2D eigenvalue weighted by molar-refractivity contribution is 8.01. The fraction of sp³-hybridized carbons (Fsp3) is 0.400. The third kappa shape index (κ3) is 6.18. The lowest BCUT2D eigenvalue weighted by Crippen LogP contribution is -1.92. The highest BCUT2D eigenvalue weighted by atomic mass is 32.2. The van der Waals surface area contributed by atoms with Crippen molar-refractivity contribution < 1.29 is 4.74 Å². The first-order chi connectivity index (χ1) is 3.41. The molecule has 0 bridgehead atoms. The van der Waals surface area contributed by atoms with E-state index in [1.54, 1.807) is 11.8 Å². The summed E-state index contributed by atoms with van der Waals surface area (Å²) in [5.41, 5.74) is 0. The van der Waals surface area contributed by atoms with Crippen molar-refractivity contribution in [3.8, 4) is 0 Å². The summed E-state index contributed by atoms with van der Waals surface area (Å²) in [5, 5.41) is 0. The third-order valence-electron chi connectivity index (χ3n) is 0.485. The molecule has 0 rings (SSSR count). The molecule has 0 aliphatic heterocycles. The molecule has 1 nitrogen and oxygen atoms in total. The molecule has 0 aromatic carbocycles. The first-order valence-corrected chi connectivity index (χ1v) is 3.11.